The van der Waals surface area contributed by atoms with Crippen molar-refractivity contribution in [1.82, 2.24) is 0 Å². The minimum absolute atomic E-state index is 1.17. The highest BCUT2D eigenvalue weighted by atomic mass is 32.1. The Morgan fingerprint density at radius 1 is 0.515 bits per heavy atom. The largest absolute Gasteiger partial charge is 0.344 e. The topological polar surface area (TPSA) is 3.24 Å². The number of rotatable bonds is 4. The van der Waals surface area contributed by atoms with Crippen LogP contribution >= 0.6 is 11.3 Å². The molecule has 2 heteroatoms. The molecule has 0 spiro atoms. The number of benzene rings is 5. The highest BCUT2D eigenvalue weighted by Gasteiger charge is 2.13. The van der Waals surface area contributed by atoms with E-state index in [2.05, 4.69) is 133 Å². The number of thiophene rings is 1. The molecule has 0 saturated carbocycles. The zero-order valence-electron chi connectivity index (χ0n) is 18.4. The third kappa shape index (κ3) is 3.49. The van der Waals surface area contributed by atoms with E-state index in [1.807, 2.05) is 11.3 Å². The van der Waals surface area contributed by atoms with Crippen LogP contribution in [0, 0.1) is 0 Å². The fraction of sp³-hybridized carbons (Fsp3) is 0.0323. The van der Waals surface area contributed by atoms with Crippen LogP contribution in [0.5, 0.6) is 0 Å². The normalized spacial score (nSPS) is 11.2. The maximum atomic E-state index is 2.27. The number of anilines is 2. The lowest BCUT2D eigenvalue weighted by Crippen LogP contribution is -2.10. The van der Waals surface area contributed by atoms with Gasteiger partial charge in [0.15, 0.2) is 0 Å². The molecule has 0 unspecified atom stereocenters. The van der Waals surface area contributed by atoms with Gasteiger partial charge in [-0.15, -0.1) is 11.3 Å². The van der Waals surface area contributed by atoms with Crippen molar-refractivity contribution in [3.05, 3.63) is 121 Å². The summed E-state index contributed by atoms with van der Waals surface area (Å²) < 4.78 is 2.70. The molecule has 0 fully saturated rings. The Hall–Kier alpha value is -3.88. The van der Waals surface area contributed by atoms with Crippen LogP contribution in [0.1, 0.15) is 0 Å². The minimum Gasteiger partial charge on any atom is -0.344 e. The van der Waals surface area contributed by atoms with Gasteiger partial charge in [-0.25, -0.2) is 0 Å². The van der Waals surface area contributed by atoms with Crippen LogP contribution in [-0.2, 0) is 0 Å². The molecule has 5 aromatic carbocycles. The Kier molecular flexibility index (Phi) is 4.93. The van der Waals surface area contributed by atoms with Crippen LogP contribution in [0.3, 0.4) is 0 Å². The van der Waals surface area contributed by atoms with E-state index in [0.29, 0.717) is 0 Å². The Bertz CT molecular complexity index is 1560. The number of fused-ring (bicyclic) bond motifs is 3. The first kappa shape index (κ1) is 19.8. The Morgan fingerprint density at radius 2 is 1.15 bits per heavy atom. The highest BCUT2D eigenvalue weighted by Crippen LogP contribution is 2.40. The highest BCUT2D eigenvalue weighted by molar-refractivity contribution is 7.26. The van der Waals surface area contributed by atoms with E-state index in [-0.39, 0.29) is 0 Å². The first-order valence-corrected chi connectivity index (χ1v) is 12.0. The van der Waals surface area contributed by atoms with Gasteiger partial charge in [-0.1, -0.05) is 97.1 Å². The second kappa shape index (κ2) is 8.23. The predicted octanol–water partition coefficient (Wildman–Crippen LogP) is 9.16. The average molecular weight is 442 g/mol. The molecule has 0 amide bonds. The predicted molar refractivity (Wildman–Crippen MR) is 145 cm³/mol. The second-order valence-corrected chi connectivity index (χ2v) is 9.32. The molecule has 1 aromatic heterocycles. The summed E-state index contributed by atoms with van der Waals surface area (Å²) >= 11 is 1.88. The van der Waals surface area contributed by atoms with E-state index in [1.54, 1.807) is 0 Å². The van der Waals surface area contributed by atoms with Crippen molar-refractivity contribution < 1.29 is 0 Å². The van der Waals surface area contributed by atoms with Gasteiger partial charge in [0.1, 0.15) is 0 Å². The molecule has 1 nitrogen and oxygen atoms in total. The summed E-state index contributed by atoms with van der Waals surface area (Å²) in [5, 5.41) is 2.68. The van der Waals surface area contributed by atoms with E-state index in [9.17, 15) is 0 Å². The molecule has 158 valence electrons. The molecule has 0 N–H and O–H groups in total. The van der Waals surface area contributed by atoms with Crippen LogP contribution in [0.2, 0.25) is 0 Å². The van der Waals surface area contributed by atoms with E-state index in [0.717, 1.165) is 0 Å². The van der Waals surface area contributed by atoms with Crippen molar-refractivity contribution in [3.8, 4) is 22.3 Å². The number of para-hydroxylation sites is 1. The first-order chi connectivity index (χ1) is 16.3. The number of nitrogens with zero attached hydrogens (tertiary/aromatic N) is 1. The fourth-order valence-electron chi connectivity index (χ4n) is 4.61. The first-order valence-electron chi connectivity index (χ1n) is 11.2. The number of hydrogen-bond donors (Lipinski definition) is 0. The van der Waals surface area contributed by atoms with Crippen molar-refractivity contribution in [2.45, 2.75) is 0 Å². The Labute approximate surface area is 198 Å². The summed E-state index contributed by atoms with van der Waals surface area (Å²) in [7, 11) is 2.14. The monoisotopic (exact) mass is 441 g/mol. The Balaban J connectivity index is 1.39. The molecular weight excluding hydrogens is 418 g/mol. The van der Waals surface area contributed by atoms with Gasteiger partial charge >= 0.3 is 0 Å². The van der Waals surface area contributed by atoms with Crippen LogP contribution in [-0.4, -0.2) is 7.05 Å². The molecule has 0 bridgehead atoms. The van der Waals surface area contributed by atoms with E-state index >= 15 is 0 Å². The lowest BCUT2D eigenvalue weighted by Gasteiger charge is -2.23. The second-order valence-electron chi connectivity index (χ2n) is 8.27. The Morgan fingerprint density at radius 3 is 2.00 bits per heavy atom. The minimum atomic E-state index is 1.17. The number of hydrogen-bond acceptors (Lipinski definition) is 2. The third-order valence-corrected chi connectivity index (χ3v) is 7.54. The standard InChI is InChI=1S/C31H23NS/c1-32(29-16-7-5-12-25(29)22-10-3-2-4-11-22)24-20-18-23(19-21-24)26-14-9-15-28-27-13-6-8-17-30(27)33-31(26)28/h2-21H,1H3. The van der Waals surface area contributed by atoms with E-state index in [1.165, 1.54) is 53.8 Å². The lowest BCUT2D eigenvalue weighted by molar-refractivity contribution is 1.21. The lowest BCUT2D eigenvalue weighted by atomic mass is 10.0. The van der Waals surface area contributed by atoms with Gasteiger partial charge < -0.3 is 4.90 Å². The summed E-state index contributed by atoms with van der Waals surface area (Å²) in [5.74, 6) is 0. The van der Waals surface area contributed by atoms with Crippen LogP contribution in [0.25, 0.3) is 42.4 Å². The summed E-state index contributed by atoms with van der Waals surface area (Å²) in [6.07, 6.45) is 0. The summed E-state index contributed by atoms with van der Waals surface area (Å²) in [6, 6.07) is 43.4. The smallest absolute Gasteiger partial charge is 0.0487 e. The molecule has 0 aliphatic carbocycles. The molecule has 6 rings (SSSR count). The molecule has 0 radical (unpaired) electrons. The van der Waals surface area contributed by atoms with Crippen molar-refractivity contribution in [1.29, 1.82) is 0 Å². The van der Waals surface area contributed by atoms with Crippen LogP contribution in [0.4, 0.5) is 11.4 Å². The summed E-state index contributed by atoms with van der Waals surface area (Å²) in [5.41, 5.74) is 7.38. The maximum Gasteiger partial charge on any atom is 0.0487 e. The quantitative estimate of drug-likeness (QED) is 0.263. The molecule has 0 saturated heterocycles. The zero-order valence-corrected chi connectivity index (χ0v) is 19.2. The van der Waals surface area contributed by atoms with Gasteiger partial charge in [0.25, 0.3) is 0 Å². The maximum absolute atomic E-state index is 2.27. The van der Waals surface area contributed by atoms with Gasteiger partial charge in [-0.05, 0) is 41.0 Å². The SMILES string of the molecule is CN(c1ccc(-c2cccc3c2sc2ccccc23)cc1)c1ccccc1-c1ccccc1. The zero-order chi connectivity index (χ0) is 22.2. The molecule has 0 aliphatic rings. The van der Waals surface area contributed by atoms with Gasteiger partial charge in [0.05, 0.1) is 0 Å². The third-order valence-electron chi connectivity index (χ3n) is 6.32. The van der Waals surface area contributed by atoms with Gasteiger partial charge in [-0.3, -0.25) is 0 Å². The molecule has 0 atom stereocenters. The van der Waals surface area contributed by atoms with Crippen molar-refractivity contribution in [2.24, 2.45) is 0 Å². The summed E-state index contributed by atoms with van der Waals surface area (Å²) in [4.78, 5) is 2.27. The van der Waals surface area contributed by atoms with Crippen LogP contribution in [0.15, 0.2) is 121 Å². The molecule has 0 aliphatic heterocycles. The van der Waals surface area contributed by atoms with Crippen molar-refractivity contribution in [3.63, 3.8) is 0 Å². The van der Waals surface area contributed by atoms with Crippen molar-refractivity contribution >= 4 is 42.9 Å². The van der Waals surface area contributed by atoms with E-state index < -0.39 is 0 Å². The van der Waals surface area contributed by atoms with Crippen molar-refractivity contribution in [2.75, 3.05) is 11.9 Å². The van der Waals surface area contributed by atoms with Gasteiger partial charge in [0, 0.05) is 44.2 Å². The molecule has 6 aromatic rings. The molecule has 1 heterocycles. The molecular formula is C31H23NS. The van der Waals surface area contributed by atoms with Crippen LogP contribution < -0.4 is 4.90 Å². The fourth-order valence-corrected chi connectivity index (χ4v) is 5.84. The van der Waals surface area contributed by atoms with Gasteiger partial charge in [0.2, 0.25) is 0 Å². The van der Waals surface area contributed by atoms with Gasteiger partial charge in [-0.2, -0.15) is 0 Å². The molecule has 33 heavy (non-hydrogen) atoms. The average Bonchev–Trinajstić information content (AvgIpc) is 3.28. The van der Waals surface area contributed by atoms with E-state index in [4.69, 9.17) is 0 Å². The summed E-state index contributed by atoms with van der Waals surface area (Å²) in [6.45, 7) is 0.